The zero-order valence-electron chi connectivity index (χ0n) is 21.3. The molecule has 3 aromatic rings. The Hall–Kier alpha value is -3.91. The maximum Gasteiger partial charge on any atom is 0.248 e. The Bertz CT molecular complexity index is 1320. The Labute approximate surface area is 221 Å². The standard InChI is InChI=1S/C28H30N6O4/c1-37-24-15-33(16-24)14-22-4-2-19(13-31-22)10-27-30-8-6-25(32-27)20-3-5-26(21(11-20)12-29)38-23-7-9-34(17-23)28(36)18-35/h2-6,8,11,13,23-24,35H,7,9-10,14-18H2,1H3/t23-/m1/s1. The quantitative estimate of drug-likeness (QED) is 0.455. The Kier molecular flexibility index (Phi) is 7.89. The van der Waals surface area contributed by atoms with Crippen LogP contribution in [-0.4, -0.2) is 87.9 Å². The van der Waals surface area contributed by atoms with Crippen LogP contribution in [0.2, 0.25) is 0 Å². The SMILES string of the molecule is COC1CN(Cc2ccc(Cc3nccc(-c4ccc(O[C@@H]5CCN(C(=O)CO)C5)c(C#N)c4)n3)cn2)C1. The first kappa shape index (κ1) is 25.7. The van der Waals surface area contributed by atoms with Gasteiger partial charge in [-0.3, -0.25) is 14.7 Å². The number of aromatic nitrogens is 3. The van der Waals surface area contributed by atoms with Gasteiger partial charge in [0.05, 0.1) is 29.6 Å². The summed E-state index contributed by atoms with van der Waals surface area (Å²) in [7, 11) is 1.74. The number of amides is 1. The number of rotatable bonds is 9. The van der Waals surface area contributed by atoms with Crippen LogP contribution in [-0.2, 0) is 22.5 Å². The van der Waals surface area contributed by atoms with E-state index in [4.69, 9.17) is 19.6 Å². The summed E-state index contributed by atoms with van der Waals surface area (Å²) in [6.07, 6.45) is 4.90. The van der Waals surface area contributed by atoms with E-state index in [1.165, 1.54) is 0 Å². The molecule has 10 nitrogen and oxygen atoms in total. The van der Waals surface area contributed by atoms with Crippen molar-refractivity contribution in [2.75, 3.05) is 39.9 Å². The highest BCUT2D eigenvalue weighted by Crippen LogP contribution is 2.28. The van der Waals surface area contributed by atoms with Gasteiger partial charge in [0.1, 0.15) is 30.4 Å². The summed E-state index contributed by atoms with van der Waals surface area (Å²) in [5.41, 5.74) is 3.95. The number of nitrogens with zero attached hydrogens (tertiary/aromatic N) is 6. The van der Waals surface area contributed by atoms with Gasteiger partial charge in [-0.2, -0.15) is 5.26 Å². The summed E-state index contributed by atoms with van der Waals surface area (Å²) >= 11 is 0. The molecule has 0 radical (unpaired) electrons. The molecular weight excluding hydrogens is 484 g/mol. The molecule has 2 saturated heterocycles. The molecule has 10 heteroatoms. The summed E-state index contributed by atoms with van der Waals surface area (Å²) in [6.45, 7) is 3.09. The van der Waals surface area contributed by atoms with Crippen molar-refractivity contribution in [3.8, 4) is 23.1 Å². The summed E-state index contributed by atoms with van der Waals surface area (Å²) in [5.74, 6) is 0.822. The lowest BCUT2D eigenvalue weighted by molar-refractivity contribution is -0.133. The van der Waals surface area contributed by atoms with E-state index in [1.54, 1.807) is 30.3 Å². The van der Waals surface area contributed by atoms with Gasteiger partial charge in [-0.25, -0.2) is 9.97 Å². The van der Waals surface area contributed by atoms with Crippen molar-refractivity contribution < 1.29 is 19.4 Å². The van der Waals surface area contributed by atoms with Gasteiger partial charge in [0.2, 0.25) is 5.91 Å². The maximum atomic E-state index is 11.7. The number of ether oxygens (including phenoxy) is 2. The monoisotopic (exact) mass is 514 g/mol. The summed E-state index contributed by atoms with van der Waals surface area (Å²) in [4.78, 5) is 29.3. The first-order valence-corrected chi connectivity index (χ1v) is 12.6. The molecule has 2 aliphatic rings. The highest BCUT2D eigenvalue weighted by Gasteiger charge is 2.28. The van der Waals surface area contributed by atoms with Crippen molar-refractivity contribution in [3.05, 3.63) is 71.4 Å². The highest BCUT2D eigenvalue weighted by molar-refractivity contribution is 5.77. The van der Waals surface area contributed by atoms with Crippen molar-refractivity contribution in [3.63, 3.8) is 0 Å². The van der Waals surface area contributed by atoms with Crippen LogP contribution >= 0.6 is 0 Å². The number of benzene rings is 1. The smallest absolute Gasteiger partial charge is 0.248 e. The molecule has 5 rings (SSSR count). The van der Waals surface area contributed by atoms with Crippen LogP contribution in [0.5, 0.6) is 5.75 Å². The fraction of sp³-hybridized carbons (Fsp3) is 0.393. The molecule has 38 heavy (non-hydrogen) atoms. The fourth-order valence-corrected chi connectivity index (χ4v) is 4.72. The number of hydrogen-bond acceptors (Lipinski definition) is 9. The minimum absolute atomic E-state index is 0.220. The number of likely N-dealkylation sites (tertiary alicyclic amines) is 2. The molecule has 1 N–H and O–H groups in total. The van der Waals surface area contributed by atoms with Gasteiger partial charge in [0, 0.05) is 64.1 Å². The lowest BCUT2D eigenvalue weighted by Crippen LogP contribution is -2.51. The van der Waals surface area contributed by atoms with E-state index in [-0.39, 0.29) is 12.0 Å². The van der Waals surface area contributed by atoms with Crippen molar-refractivity contribution in [2.45, 2.75) is 31.6 Å². The Morgan fingerprint density at radius 2 is 2.03 bits per heavy atom. The highest BCUT2D eigenvalue weighted by atomic mass is 16.5. The number of carbonyl (C=O) groups excluding carboxylic acids is 1. The molecule has 0 saturated carbocycles. The lowest BCUT2D eigenvalue weighted by Gasteiger charge is -2.37. The lowest BCUT2D eigenvalue weighted by atomic mass is 10.1. The third kappa shape index (κ3) is 5.97. The molecular formula is C28H30N6O4. The van der Waals surface area contributed by atoms with E-state index in [2.05, 4.69) is 27.0 Å². The Balaban J connectivity index is 1.22. The van der Waals surface area contributed by atoms with Crippen molar-refractivity contribution in [1.82, 2.24) is 24.8 Å². The molecule has 2 fully saturated rings. The number of carbonyl (C=O) groups is 1. The number of hydrogen-bond donors (Lipinski definition) is 1. The second-order valence-electron chi connectivity index (χ2n) is 9.59. The third-order valence-corrected chi connectivity index (χ3v) is 6.92. The molecule has 1 aromatic carbocycles. The number of aliphatic hydroxyl groups excluding tert-OH is 1. The zero-order chi connectivity index (χ0) is 26.5. The molecule has 2 aromatic heterocycles. The second-order valence-corrected chi connectivity index (χ2v) is 9.59. The predicted octanol–water partition coefficient (Wildman–Crippen LogP) is 1.80. The third-order valence-electron chi connectivity index (χ3n) is 6.92. The summed E-state index contributed by atoms with van der Waals surface area (Å²) in [5, 5.41) is 18.8. The Morgan fingerprint density at radius 1 is 1.16 bits per heavy atom. The van der Waals surface area contributed by atoms with Gasteiger partial charge >= 0.3 is 0 Å². The molecule has 0 aliphatic carbocycles. The van der Waals surface area contributed by atoms with Crippen LogP contribution in [0.15, 0.2) is 48.8 Å². The molecule has 2 aliphatic heterocycles. The maximum absolute atomic E-state index is 11.7. The number of methoxy groups -OCH3 is 1. The van der Waals surface area contributed by atoms with Crippen LogP contribution in [0.25, 0.3) is 11.3 Å². The summed E-state index contributed by atoms with van der Waals surface area (Å²) < 4.78 is 11.3. The topological polar surface area (TPSA) is 125 Å². The average molecular weight is 515 g/mol. The van der Waals surface area contributed by atoms with Crippen LogP contribution < -0.4 is 4.74 Å². The van der Waals surface area contributed by atoms with Crippen LogP contribution in [0, 0.1) is 11.3 Å². The number of nitriles is 1. The largest absolute Gasteiger partial charge is 0.487 e. The van der Waals surface area contributed by atoms with Crippen LogP contribution in [0.1, 0.15) is 29.1 Å². The van der Waals surface area contributed by atoms with Crippen molar-refractivity contribution >= 4 is 5.91 Å². The van der Waals surface area contributed by atoms with Gasteiger partial charge in [-0.15, -0.1) is 0 Å². The normalized spacial score (nSPS) is 17.7. The first-order chi connectivity index (χ1) is 18.5. The van der Waals surface area contributed by atoms with Crippen LogP contribution in [0.3, 0.4) is 0 Å². The summed E-state index contributed by atoms with van der Waals surface area (Å²) in [6, 6.07) is 13.5. The van der Waals surface area contributed by atoms with E-state index in [0.29, 0.717) is 54.9 Å². The Morgan fingerprint density at radius 3 is 2.76 bits per heavy atom. The molecule has 1 amide bonds. The van der Waals surface area contributed by atoms with E-state index in [9.17, 15) is 10.1 Å². The second kappa shape index (κ2) is 11.6. The van der Waals surface area contributed by atoms with Crippen molar-refractivity contribution in [2.24, 2.45) is 0 Å². The molecule has 0 unspecified atom stereocenters. The average Bonchev–Trinajstić information content (AvgIpc) is 3.40. The van der Waals surface area contributed by atoms with Gasteiger partial charge < -0.3 is 19.5 Å². The van der Waals surface area contributed by atoms with Gasteiger partial charge in [-0.05, 0) is 35.9 Å². The van der Waals surface area contributed by atoms with Crippen molar-refractivity contribution in [1.29, 1.82) is 5.26 Å². The van der Waals surface area contributed by atoms with E-state index < -0.39 is 6.61 Å². The molecule has 4 heterocycles. The predicted molar refractivity (Wildman–Crippen MR) is 138 cm³/mol. The van der Waals surface area contributed by atoms with Gasteiger partial charge in [-0.1, -0.05) is 6.07 Å². The minimum atomic E-state index is -0.512. The molecule has 196 valence electrons. The molecule has 0 bridgehead atoms. The fourth-order valence-electron chi connectivity index (χ4n) is 4.72. The minimum Gasteiger partial charge on any atom is -0.487 e. The first-order valence-electron chi connectivity index (χ1n) is 12.6. The van der Waals surface area contributed by atoms with Crippen LogP contribution in [0.4, 0.5) is 0 Å². The van der Waals surface area contributed by atoms with E-state index >= 15 is 0 Å². The zero-order valence-corrected chi connectivity index (χ0v) is 21.3. The van der Waals surface area contributed by atoms with Gasteiger partial charge in [0.15, 0.2) is 0 Å². The molecule has 1 atom stereocenters. The number of pyridine rings is 1. The van der Waals surface area contributed by atoms with E-state index in [0.717, 1.165) is 36.5 Å². The van der Waals surface area contributed by atoms with E-state index in [1.807, 2.05) is 24.4 Å². The molecule has 0 spiro atoms. The number of aliphatic hydroxyl groups is 1. The van der Waals surface area contributed by atoms with Gasteiger partial charge in [0.25, 0.3) is 0 Å².